The van der Waals surface area contributed by atoms with E-state index in [9.17, 15) is 0 Å². The predicted octanol–water partition coefficient (Wildman–Crippen LogP) is 3.10. The summed E-state index contributed by atoms with van der Waals surface area (Å²) in [5.74, 6) is 2.17. The van der Waals surface area contributed by atoms with Gasteiger partial charge in [0.2, 0.25) is 0 Å². The molecule has 1 nitrogen and oxygen atoms in total. The largest absolute Gasteiger partial charge is 0.283 e. The van der Waals surface area contributed by atoms with Gasteiger partial charge in [0.25, 0.3) is 0 Å². The van der Waals surface area contributed by atoms with Gasteiger partial charge in [-0.15, -0.1) is 11.8 Å². The molecule has 0 saturated heterocycles. The van der Waals surface area contributed by atoms with Crippen LogP contribution in [0.2, 0.25) is 0 Å². The van der Waals surface area contributed by atoms with Crippen molar-refractivity contribution >= 4 is 16.8 Å². The highest BCUT2D eigenvalue weighted by molar-refractivity contribution is 8.14. The van der Waals surface area contributed by atoms with Crippen LogP contribution in [0.5, 0.6) is 0 Å². The summed E-state index contributed by atoms with van der Waals surface area (Å²) in [5.41, 5.74) is 0. The molecular formula is C10H17NS. The third-order valence-electron chi connectivity index (χ3n) is 2.77. The lowest BCUT2D eigenvalue weighted by atomic mass is 9.90. The maximum atomic E-state index is 4.63. The van der Waals surface area contributed by atoms with Crippen LogP contribution in [0.15, 0.2) is 4.99 Å². The molecule has 0 spiro atoms. The molecule has 68 valence electrons. The van der Waals surface area contributed by atoms with E-state index in [0.717, 1.165) is 12.5 Å². The molecule has 1 heterocycles. The first-order chi connectivity index (χ1) is 5.97. The third kappa shape index (κ3) is 2.03. The predicted molar refractivity (Wildman–Crippen MR) is 56.0 cm³/mol. The zero-order valence-electron chi connectivity index (χ0n) is 7.59. The highest BCUT2D eigenvalue weighted by atomic mass is 32.2. The van der Waals surface area contributed by atoms with Crippen LogP contribution in [0.3, 0.4) is 0 Å². The average molecular weight is 183 g/mol. The zero-order chi connectivity index (χ0) is 8.23. The minimum atomic E-state index is 0.851. The molecule has 0 amide bonds. The number of hydrogen-bond acceptors (Lipinski definition) is 2. The van der Waals surface area contributed by atoms with Crippen molar-refractivity contribution in [3.05, 3.63) is 0 Å². The fraction of sp³-hybridized carbons (Fsp3) is 0.900. The smallest absolute Gasteiger partial charge is 0.0706 e. The Bertz CT molecular complexity index is 171. The van der Waals surface area contributed by atoms with Crippen LogP contribution in [0, 0.1) is 5.92 Å². The van der Waals surface area contributed by atoms with E-state index in [-0.39, 0.29) is 0 Å². The molecule has 0 atom stereocenters. The van der Waals surface area contributed by atoms with E-state index >= 15 is 0 Å². The van der Waals surface area contributed by atoms with Crippen molar-refractivity contribution in [2.75, 3.05) is 12.3 Å². The summed E-state index contributed by atoms with van der Waals surface area (Å²) in [4.78, 5) is 4.63. The number of thioether (sulfide) groups is 1. The van der Waals surface area contributed by atoms with E-state index in [2.05, 4.69) is 4.99 Å². The molecule has 1 aliphatic carbocycles. The molecule has 1 saturated carbocycles. The van der Waals surface area contributed by atoms with Gasteiger partial charge in [-0.2, -0.15) is 0 Å². The number of rotatable bonds is 1. The fourth-order valence-corrected chi connectivity index (χ4v) is 3.21. The van der Waals surface area contributed by atoms with E-state index in [1.54, 1.807) is 0 Å². The van der Waals surface area contributed by atoms with Gasteiger partial charge >= 0.3 is 0 Å². The van der Waals surface area contributed by atoms with Crippen molar-refractivity contribution in [1.29, 1.82) is 0 Å². The van der Waals surface area contributed by atoms with Crippen LogP contribution < -0.4 is 0 Å². The van der Waals surface area contributed by atoms with E-state index in [4.69, 9.17) is 0 Å². The Morgan fingerprint density at radius 1 is 1.08 bits per heavy atom. The Kier molecular flexibility index (Phi) is 3.09. The van der Waals surface area contributed by atoms with E-state index < -0.39 is 0 Å². The van der Waals surface area contributed by atoms with Gasteiger partial charge in [-0.3, -0.25) is 4.99 Å². The number of hydrogen-bond donors (Lipinski definition) is 0. The van der Waals surface area contributed by atoms with Gasteiger partial charge in [0, 0.05) is 18.2 Å². The molecule has 0 aromatic rings. The molecule has 2 heteroatoms. The van der Waals surface area contributed by atoms with Crippen molar-refractivity contribution < 1.29 is 0 Å². The highest BCUT2D eigenvalue weighted by Gasteiger charge is 2.20. The standard InChI is InChI=1S/C10H17NS/c1-2-5-9(6-3-1)10-11-7-4-8-12-10/h9H,1-8H2. The van der Waals surface area contributed by atoms with Gasteiger partial charge in [0.05, 0.1) is 5.04 Å². The second-order valence-corrected chi connectivity index (χ2v) is 4.87. The Hall–Kier alpha value is 0.0200. The van der Waals surface area contributed by atoms with Crippen LogP contribution >= 0.6 is 11.8 Å². The second-order valence-electron chi connectivity index (χ2n) is 3.76. The van der Waals surface area contributed by atoms with Gasteiger partial charge in [0.1, 0.15) is 0 Å². The maximum Gasteiger partial charge on any atom is 0.0706 e. The molecule has 12 heavy (non-hydrogen) atoms. The quantitative estimate of drug-likeness (QED) is 0.608. The molecule has 0 N–H and O–H groups in total. The average Bonchev–Trinajstić information content (AvgIpc) is 2.21. The fourth-order valence-electron chi connectivity index (χ4n) is 2.07. The topological polar surface area (TPSA) is 12.4 Å². The summed E-state index contributed by atoms with van der Waals surface area (Å²) in [6.07, 6.45) is 8.43. The molecule has 0 aromatic heterocycles. The molecule has 1 fully saturated rings. The van der Waals surface area contributed by atoms with Crippen molar-refractivity contribution in [3.8, 4) is 0 Å². The van der Waals surface area contributed by atoms with Crippen molar-refractivity contribution in [3.63, 3.8) is 0 Å². The van der Waals surface area contributed by atoms with Gasteiger partial charge in [-0.25, -0.2) is 0 Å². The van der Waals surface area contributed by atoms with Crippen LogP contribution in [0.25, 0.3) is 0 Å². The van der Waals surface area contributed by atoms with Crippen LogP contribution in [-0.4, -0.2) is 17.3 Å². The SMILES string of the molecule is C1CCC(C2=NCCCS2)CC1. The van der Waals surface area contributed by atoms with Crippen LogP contribution in [0.4, 0.5) is 0 Å². The Balaban J connectivity index is 1.92. The molecule has 1 aliphatic heterocycles. The Morgan fingerprint density at radius 2 is 1.92 bits per heavy atom. The normalized spacial score (nSPS) is 26.8. The summed E-state index contributed by atoms with van der Waals surface area (Å²) in [6, 6.07) is 0. The molecule has 0 radical (unpaired) electrons. The summed E-state index contributed by atoms with van der Waals surface area (Å²) in [6.45, 7) is 1.10. The van der Waals surface area contributed by atoms with Gasteiger partial charge in [-0.1, -0.05) is 19.3 Å². The zero-order valence-corrected chi connectivity index (χ0v) is 8.41. The lowest BCUT2D eigenvalue weighted by Gasteiger charge is -2.24. The van der Waals surface area contributed by atoms with Crippen molar-refractivity contribution in [2.45, 2.75) is 38.5 Å². The van der Waals surface area contributed by atoms with E-state index in [1.807, 2.05) is 11.8 Å². The number of aliphatic imine (C=N–C) groups is 1. The van der Waals surface area contributed by atoms with Gasteiger partial charge in [0.15, 0.2) is 0 Å². The minimum Gasteiger partial charge on any atom is -0.283 e. The van der Waals surface area contributed by atoms with E-state index in [0.29, 0.717) is 0 Å². The lowest BCUT2D eigenvalue weighted by Crippen LogP contribution is -2.18. The monoisotopic (exact) mass is 183 g/mol. The third-order valence-corrected chi connectivity index (χ3v) is 4.03. The van der Waals surface area contributed by atoms with Gasteiger partial charge in [-0.05, 0) is 19.3 Å². The summed E-state index contributed by atoms with van der Waals surface area (Å²) in [5, 5.41) is 1.49. The van der Waals surface area contributed by atoms with Crippen LogP contribution in [-0.2, 0) is 0 Å². The molecule has 2 aliphatic rings. The Labute approximate surface area is 79.0 Å². The minimum absolute atomic E-state index is 0.851. The molecule has 0 aromatic carbocycles. The van der Waals surface area contributed by atoms with Crippen LogP contribution in [0.1, 0.15) is 38.5 Å². The first-order valence-electron chi connectivity index (χ1n) is 5.14. The van der Waals surface area contributed by atoms with Gasteiger partial charge < -0.3 is 0 Å². The molecule has 2 rings (SSSR count). The lowest BCUT2D eigenvalue weighted by molar-refractivity contribution is 0.442. The first-order valence-corrected chi connectivity index (χ1v) is 6.12. The number of nitrogens with zero attached hydrogens (tertiary/aromatic N) is 1. The molecule has 0 unspecified atom stereocenters. The maximum absolute atomic E-state index is 4.63. The van der Waals surface area contributed by atoms with Crippen molar-refractivity contribution in [2.24, 2.45) is 10.9 Å². The molecular weight excluding hydrogens is 166 g/mol. The summed E-state index contributed by atoms with van der Waals surface area (Å²) < 4.78 is 0. The second kappa shape index (κ2) is 4.31. The van der Waals surface area contributed by atoms with Crippen molar-refractivity contribution in [1.82, 2.24) is 0 Å². The highest BCUT2D eigenvalue weighted by Crippen LogP contribution is 2.30. The van der Waals surface area contributed by atoms with E-state index in [1.165, 1.54) is 49.3 Å². The first kappa shape index (κ1) is 8.61. The summed E-state index contributed by atoms with van der Waals surface area (Å²) >= 11 is 2.02. The summed E-state index contributed by atoms with van der Waals surface area (Å²) in [7, 11) is 0. The molecule has 0 bridgehead atoms. The Morgan fingerprint density at radius 3 is 2.58 bits per heavy atom.